The molecule has 2 rings (SSSR count). The average Bonchev–Trinajstić information content (AvgIpc) is 2.78. The molecule has 0 fully saturated rings. The summed E-state index contributed by atoms with van der Waals surface area (Å²) in [5, 5.41) is 3.88. The van der Waals surface area contributed by atoms with Gasteiger partial charge >= 0.3 is 0 Å². The Morgan fingerprint density at radius 1 is 1.44 bits per heavy atom. The van der Waals surface area contributed by atoms with Gasteiger partial charge in [0.25, 0.3) is 0 Å². The highest BCUT2D eigenvalue weighted by Crippen LogP contribution is 2.13. The smallest absolute Gasteiger partial charge is 0.227 e. The third-order valence-corrected chi connectivity index (χ3v) is 2.29. The van der Waals surface area contributed by atoms with Crippen LogP contribution < -0.4 is 5.73 Å². The standard InChI is InChI=1S/C11H14N4O/c1-8(7-12)6-10-14-11(15-16-10)9-4-2-3-5-13-9/h2-5,8H,6-7,12H2,1H3. The van der Waals surface area contributed by atoms with E-state index in [1.54, 1.807) is 6.20 Å². The lowest BCUT2D eigenvalue weighted by Crippen LogP contribution is -2.13. The van der Waals surface area contributed by atoms with Crippen molar-refractivity contribution in [2.24, 2.45) is 11.7 Å². The average molecular weight is 218 g/mol. The van der Waals surface area contributed by atoms with Crippen molar-refractivity contribution >= 4 is 0 Å². The normalized spacial score (nSPS) is 12.6. The van der Waals surface area contributed by atoms with E-state index in [2.05, 4.69) is 15.1 Å². The quantitative estimate of drug-likeness (QED) is 0.836. The van der Waals surface area contributed by atoms with Gasteiger partial charge in [-0.05, 0) is 24.6 Å². The minimum atomic E-state index is 0.344. The van der Waals surface area contributed by atoms with E-state index in [4.69, 9.17) is 10.3 Å². The van der Waals surface area contributed by atoms with E-state index in [1.165, 1.54) is 0 Å². The second-order valence-corrected chi connectivity index (χ2v) is 3.77. The third kappa shape index (κ3) is 2.43. The van der Waals surface area contributed by atoms with Gasteiger partial charge in [0.2, 0.25) is 11.7 Å². The number of aromatic nitrogens is 3. The van der Waals surface area contributed by atoms with E-state index < -0.39 is 0 Å². The van der Waals surface area contributed by atoms with Gasteiger partial charge < -0.3 is 10.3 Å². The third-order valence-electron chi connectivity index (χ3n) is 2.29. The summed E-state index contributed by atoms with van der Waals surface area (Å²) in [4.78, 5) is 8.42. The van der Waals surface area contributed by atoms with Crippen LogP contribution in [0.15, 0.2) is 28.9 Å². The summed E-state index contributed by atoms with van der Waals surface area (Å²) in [6.07, 6.45) is 2.41. The highest BCUT2D eigenvalue weighted by atomic mass is 16.5. The van der Waals surface area contributed by atoms with Gasteiger partial charge in [-0.2, -0.15) is 4.98 Å². The fourth-order valence-electron chi connectivity index (χ4n) is 1.32. The number of rotatable bonds is 4. The maximum atomic E-state index is 5.54. The monoisotopic (exact) mass is 218 g/mol. The molecule has 0 saturated heterocycles. The first-order valence-electron chi connectivity index (χ1n) is 5.23. The first-order chi connectivity index (χ1) is 7.79. The van der Waals surface area contributed by atoms with Crippen LogP contribution in [-0.4, -0.2) is 21.7 Å². The lowest BCUT2D eigenvalue weighted by molar-refractivity contribution is 0.359. The SMILES string of the molecule is CC(CN)Cc1nc(-c2ccccn2)no1. The molecular weight excluding hydrogens is 204 g/mol. The van der Waals surface area contributed by atoms with Gasteiger partial charge in [0, 0.05) is 12.6 Å². The molecule has 5 nitrogen and oxygen atoms in total. The second-order valence-electron chi connectivity index (χ2n) is 3.77. The van der Waals surface area contributed by atoms with Crippen LogP contribution in [0, 0.1) is 5.92 Å². The van der Waals surface area contributed by atoms with Crippen molar-refractivity contribution in [3.63, 3.8) is 0 Å². The summed E-state index contributed by atoms with van der Waals surface area (Å²) in [5.74, 6) is 1.48. The molecule has 1 unspecified atom stereocenters. The Bertz CT molecular complexity index is 440. The fraction of sp³-hybridized carbons (Fsp3) is 0.364. The number of hydrogen-bond acceptors (Lipinski definition) is 5. The summed E-state index contributed by atoms with van der Waals surface area (Å²) < 4.78 is 5.13. The zero-order chi connectivity index (χ0) is 11.4. The highest BCUT2D eigenvalue weighted by molar-refractivity contribution is 5.46. The Morgan fingerprint density at radius 3 is 3.00 bits per heavy atom. The maximum absolute atomic E-state index is 5.54. The summed E-state index contributed by atoms with van der Waals surface area (Å²) in [5.41, 5.74) is 6.26. The topological polar surface area (TPSA) is 77.8 Å². The molecule has 2 aromatic heterocycles. The van der Waals surface area contributed by atoms with Crippen LogP contribution >= 0.6 is 0 Å². The predicted octanol–water partition coefficient (Wildman–Crippen LogP) is 1.27. The Kier molecular flexibility index (Phi) is 3.26. The van der Waals surface area contributed by atoms with Crippen LogP contribution in [0.2, 0.25) is 0 Å². The molecule has 2 aromatic rings. The van der Waals surface area contributed by atoms with Gasteiger partial charge in [-0.3, -0.25) is 4.98 Å². The molecule has 0 radical (unpaired) electrons. The Hall–Kier alpha value is -1.75. The minimum Gasteiger partial charge on any atom is -0.339 e. The van der Waals surface area contributed by atoms with Crippen LogP contribution in [0.25, 0.3) is 11.5 Å². The molecule has 5 heteroatoms. The highest BCUT2D eigenvalue weighted by Gasteiger charge is 2.11. The number of pyridine rings is 1. The lowest BCUT2D eigenvalue weighted by atomic mass is 10.1. The van der Waals surface area contributed by atoms with E-state index in [0.717, 1.165) is 5.69 Å². The van der Waals surface area contributed by atoms with Crippen molar-refractivity contribution in [3.8, 4) is 11.5 Å². The molecule has 0 saturated carbocycles. The molecule has 0 bridgehead atoms. The molecule has 0 aliphatic carbocycles. The number of nitrogens with zero attached hydrogens (tertiary/aromatic N) is 3. The van der Waals surface area contributed by atoms with Gasteiger partial charge in [0.15, 0.2) is 0 Å². The molecule has 2 heterocycles. The first kappa shape index (κ1) is 10.8. The van der Waals surface area contributed by atoms with Crippen molar-refractivity contribution in [3.05, 3.63) is 30.3 Å². The van der Waals surface area contributed by atoms with Gasteiger partial charge in [-0.1, -0.05) is 18.1 Å². The van der Waals surface area contributed by atoms with Crippen LogP contribution in [0.1, 0.15) is 12.8 Å². The Labute approximate surface area is 93.7 Å². The van der Waals surface area contributed by atoms with Gasteiger partial charge in [-0.15, -0.1) is 0 Å². The Balaban J connectivity index is 2.14. The van der Waals surface area contributed by atoms with Crippen molar-refractivity contribution in [2.75, 3.05) is 6.54 Å². The molecule has 84 valence electrons. The van der Waals surface area contributed by atoms with Crippen LogP contribution in [0.5, 0.6) is 0 Å². The molecule has 16 heavy (non-hydrogen) atoms. The van der Waals surface area contributed by atoms with Crippen molar-refractivity contribution in [1.82, 2.24) is 15.1 Å². The number of nitrogens with two attached hydrogens (primary N) is 1. The van der Waals surface area contributed by atoms with Crippen molar-refractivity contribution in [2.45, 2.75) is 13.3 Å². The zero-order valence-corrected chi connectivity index (χ0v) is 9.13. The number of hydrogen-bond donors (Lipinski definition) is 1. The molecule has 0 aliphatic rings. The summed E-state index contributed by atoms with van der Waals surface area (Å²) in [6.45, 7) is 2.66. The van der Waals surface area contributed by atoms with E-state index in [1.807, 2.05) is 25.1 Å². The van der Waals surface area contributed by atoms with Crippen LogP contribution in [0.4, 0.5) is 0 Å². The van der Waals surface area contributed by atoms with Crippen molar-refractivity contribution < 1.29 is 4.52 Å². The molecule has 2 N–H and O–H groups in total. The summed E-state index contributed by atoms with van der Waals surface area (Å²) in [7, 11) is 0. The zero-order valence-electron chi connectivity index (χ0n) is 9.13. The molecule has 1 atom stereocenters. The lowest BCUT2D eigenvalue weighted by Gasteiger charge is -2.01. The first-order valence-corrected chi connectivity index (χ1v) is 5.23. The predicted molar refractivity (Wildman–Crippen MR) is 59.5 cm³/mol. The van der Waals surface area contributed by atoms with Crippen LogP contribution in [0.3, 0.4) is 0 Å². The largest absolute Gasteiger partial charge is 0.339 e. The van der Waals surface area contributed by atoms with Gasteiger partial charge in [0.1, 0.15) is 5.69 Å². The van der Waals surface area contributed by atoms with E-state index in [0.29, 0.717) is 30.6 Å². The van der Waals surface area contributed by atoms with Crippen LogP contribution in [-0.2, 0) is 6.42 Å². The molecular formula is C11H14N4O. The second kappa shape index (κ2) is 4.85. The molecule has 0 aliphatic heterocycles. The molecule has 0 aromatic carbocycles. The fourth-order valence-corrected chi connectivity index (χ4v) is 1.32. The Morgan fingerprint density at radius 2 is 2.31 bits per heavy atom. The van der Waals surface area contributed by atoms with Crippen molar-refractivity contribution in [1.29, 1.82) is 0 Å². The van der Waals surface area contributed by atoms with E-state index in [-0.39, 0.29) is 0 Å². The van der Waals surface area contributed by atoms with Gasteiger partial charge in [0.05, 0.1) is 0 Å². The summed E-state index contributed by atoms with van der Waals surface area (Å²) in [6, 6.07) is 5.59. The van der Waals surface area contributed by atoms with E-state index >= 15 is 0 Å². The van der Waals surface area contributed by atoms with E-state index in [9.17, 15) is 0 Å². The maximum Gasteiger partial charge on any atom is 0.227 e. The minimum absolute atomic E-state index is 0.344. The molecule has 0 amide bonds. The summed E-state index contributed by atoms with van der Waals surface area (Å²) >= 11 is 0. The molecule has 0 spiro atoms. The van der Waals surface area contributed by atoms with Gasteiger partial charge in [-0.25, -0.2) is 0 Å².